The van der Waals surface area contributed by atoms with Gasteiger partial charge in [-0.3, -0.25) is 4.79 Å². The molecule has 6 nitrogen and oxygen atoms in total. The van der Waals surface area contributed by atoms with Crippen molar-refractivity contribution in [2.45, 2.75) is 32.4 Å². The van der Waals surface area contributed by atoms with E-state index in [-0.39, 0.29) is 25.1 Å². The van der Waals surface area contributed by atoms with Gasteiger partial charge in [0.05, 0.1) is 13.2 Å². The number of aliphatic carboxylic acids is 1. The molecule has 0 radical (unpaired) electrons. The van der Waals surface area contributed by atoms with Gasteiger partial charge in [-0.2, -0.15) is 0 Å². The fourth-order valence-electron chi connectivity index (χ4n) is 0.998. The Bertz CT molecular complexity index is 233. The van der Waals surface area contributed by atoms with Gasteiger partial charge in [-0.15, -0.1) is 0 Å². The quantitative estimate of drug-likeness (QED) is 0.529. The second-order valence-electron chi connectivity index (χ2n) is 3.60. The molecule has 0 aromatic rings. The van der Waals surface area contributed by atoms with E-state index < -0.39 is 12.0 Å². The van der Waals surface area contributed by atoms with E-state index in [0.29, 0.717) is 0 Å². The standard InChI is InChI=1S/C10H20N2O4/c1-4-7(2)11-5-9(13)12-8(6-16-3)10(14)15/h7-8,11H,4-6H2,1-3H3,(H,12,13)(H,14,15). The first kappa shape index (κ1) is 14.9. The van der Waals surface area contributed by atoms with Crippen molar-refractivity contribution in [2.24, 2.45) is 0 Å². The van der Waals surface area contributed by atoms with Crippen molar-refractivity contribution in [1.29, 1.82) is 0 Å². The fourth-order valence-corrected chi connectivity index (χ4v) is 0.998. The molecule has 0 aromatic carbocycles. The molecule has 0 aromatic heterocycles. The lowest BCUT2D eigenvalue weighted by atomic mass is 10.2. The molecule has 1 amide bonds. The lowest BCUT2D eigenvalue weighted by Crippen LogP contribution is -2.47. The van der Waals surface area contributed by atoms with Crippen molar-refractivity contribution in [3.63, 3.8) is 0 Å². The SMILES string of the molecule is CCC(C)NCC(=O)NC(COC)C(=O)O. The lowest BCUT2D eigenvalue weighted by Gasteiger charge is -2.15. The number of methoxy groups -OCH3 is 1. The summed E-state index contributed by atoms with van der Waals surface area (Å²) in [5, 5.41) is 14.1. The van der Waals surface area contributed by atoms with E-state index in [9.17, 15) is 9.59 Å². The average molecular weight is 232 g/mol. The van der Waals surface area contributed by atoms with Gasteiger partial charge >= 0.3 is 5.97 Å². The molecule has 16 heavy (non-hydrogen) atoms. The molecule has 0 fully saturated rings. The van der Waals surface area contributed by atoms with Crippen molar-refractivity contribution in [1.82, 2.24) is 10.6 Å². The third-order valence-electron chi connectivity index (χ3n) is 2.19. The van der Waals surface area contributed by atoms with Gasteiger partial charge < -0.3 is 20.5 Å². The molecule has 0 rings (SSSR count). The number of amides is 1. The zero-order chi connectivity index (χ0) is 12.6. The van der Waals surface area contributed by atoms with Crippen LogP contribution in [0.5, 0.6) is 0 Å². The van der Waals surface area contributed by atoms with E-state index >= 15 is 0 Å². The Balaban J connectivity index is 3.95. The van der Waals surface area contributed by atoms with Gasteiger partial charge in [0.25, 0.3) is 0 Å². The van der Waals surface area contributed by atoms with Crippen molar-refractivity contribution >= 4 is 11.9 Å². The monoisotopic (exact) mass is 232 g/mol. The number of nitrogens with one attached hydrogen (secondary N) is 2. The number of carbonyl (C=O) groups excluding carboxylic acids is 1. The first-order valence-electron chi connectivity index (χ1n) is 5.25. The summed E-state index contributed by atoms with van der Waals surface area (Å²) >= 11 is 0. The summed E-state index contributed by atoms with van der Waals surface area (Å²) in [5.41, 5.74) is 0. The minimum atomic E-state index is -1.10. The topological polar surface area (TPSA) is 87.7 Å². The molecule has 0 saturated heterocycles. The molecule has 2 unspecified atom stereocenters. The zero-order valence-electron chi connectivity index (χ0n) is 9.95. The van der Waals surface area contributed by atoms with Crippen LogP contribution in [-0.4, -0.2) is 49.3 Å². The molecule has 2 atom stereocenters. The Labute approximate surface area is 95.4 Å². The first-order valence-corrected chi connectivity index (χ1v) is 5.25. The molecule has 0 spiro atoms. The predicted molar refractivity (Wildman–Crippen MR) is 59.2 cm³/mol. The summed E-state index contributed by atoms with van der Waals surface area (Å²) in [6.07, 6.45) is 0.910. The van der Waals surface area contributed by atoms with Crippen molar-refractivity contribution < 1.29 is 19.4 Å². The van der Waals surface area contributed by atoms with Crippen LogP contribution in [0.25, 0.3) is 0 Å². The van der Waals surface area contributed by atoms with E-state index in [2.05, 4.69) is 10.6 Å². The van der Waals surface area contributed by atoms with E-state index in [1.165, 1.54) is 7.11 Å². The van der Waals surface area contributed by atoms with Crippen LogP contribution in [0.15, 0.2) is 0 Å². The largest absolute Gasteiger partial charge is 0.480 e. The highest BCUT2D eigenvalue weighted by Gasteiger charge is 2.19. The number of carboxylic acid groups (broad SMARTS) is 1. The molecule has 0 aliphatic heterocycles. The Morgan fingerprint density at radius 2 is 2.06 bits per heavy atom. The van der Waals surface area contributed by atoms with Crippen LogP contribution in [0.3, 0.4) is 0 Å². The Morgan fingerprint density at radius 3 is 2.50 bits per heavy atom. The highest BCUT2D eigenvalue weighted by molar-refractivity contribution is 5.84. The molecule has 0 heterocycles. The van der Waals surface area contributed by atoms with Gasteiger partial charge in [0.15, 0.2) is 6.04 Å². The van der Waals surface area contributed by atoms with Crippen LogP contribution in [-0.2, 0) is 14.3 Å². The summed E-state index contributed by atoms with van der Waals surface area (Å²) in [6, 6.07) is -0.757. The highest BCUT2D eigenvalue weighted by Crippen LogP contribution is 1.88. The number of carboxylic acids is 1. The molecule has 0 bridgehead atoms. The van der Waals surface area contributed by atoms with E-state index in [4.69, 9.17) is 9.84 Å². The average Bonchev–Trinajstić information content (AvgIpc) is 2.25. The maximum Gasteiger partial charge on any atom is 0.328 e. The molecule has 0 aliphatic rings. The van der Waals surface area contributed by atoms with Gasteiger partial charge in [-0.1, -0.05) is 6.92 Å². The fraction of sp³-hybridized carbons (Fsp3) is 0.800. The third-order valence-corrected chi connectivity index (χ3v) is 2.19. The van der Waals surface area contributed by atoms with Gasteiger partial charge in [-0.05, 0) is 13.3 Å². The van der Waals surface area contributed by atoms with Crippen molar-refractivity contribution in [2.75, 3.05) is 20.3 Å². The highest BCUT2D eigenvalue weighted by atomic mass is 16.5. The van der Waals surface area contributed by atoms with E-state index in [1.54, 1.807) is 0 Å². The smallest absolute Gasteiger partial charge is 0.328 e. The normalized spacial score (nSPS) is 14.2. The molecular weight excluding hydrogens is 212 g/mol. The van der Waals surface area contributed by atoms with Crippen LogP contribution < -0.4 is 10.6 Å². The number of rotatable bonds is 8. The first-order chi connectivity index (χ1) is 7.51. The summed E-state index contributed by atoms with van der Waals surface area (Å²) < 4.78 is 4.70. The van der Waals surface area contributed by atoms with Crippen LogP contribution in [0.4, 0.5) is 0 Å². The maximum absolute atomic E-state index is 11.4. The molecule has 3 N–H and O–H groups in total. The molecule has 6 heteroatoms. The minimum absolute atomic E-state index is 0.0373. The van der Waals surface area contributed by atoms with Crippen LogP contribution in [0.1, 0.15) is 20.3 Å². The Hall–Kier alpha value is -1.14. The van der Waals surface area contributed by atoms with Gasteiger partial charge in [0.2, 0.25) is 5.91 Å². The number of carbonyl (C=O) groups is 2. The van der Waals surface area contributed by atoms with Crippen molar-refractivity contribution in [3.05, 3.63) is 0 Å². The summed E-state index contributed by atoms with van der Waals surface area (Å²) in [7, 11) is 1.39. The maximum atomic E-state index is 11.4. The van der Waals surface area contributed by atoms with E-state index in [1.807, 2.05) is 13.8 Å². The van der Waals surface area contributed by atoms with Crippen LogP contribution in [0, 0.1) is 0 Å². The number of hydrogen-bond acceptors (Lipinski definition) is 4. The summed E-state index contributed by atoms with van der Waals surface area (Å²) in [4.78, 5) is 22.1. The molecular formula is C10H20N2O4. The summed E-state index contributed by atoms with van der Waals surface area (Å²) in [5.74, 6) is -1.44. The Kier molecular flexibility index (Phi) is 7.49. The number of hydrogen-bond donors (Lipinski definition) is 3. The van der Waals surface area contributed by atoms with Crippen LogP contribution in [0.2, 0.25) is 0 Å². The summed E-state index contributed by atoms with van der Waals surface area (Å²) in [6.45, 7) is 4.03. The molecule has 94 valence electrons. The lowest BCUT2D eigenvalue weighted by molar-refractivity contribution is -0.143. The van der Waals surface area contributed by atoms with Gasteiger partial charge in [0, 0.05) is 13.2 Å². The Morgan fingerprint density at radius 1 is 1.44 bits per heavy atom. The van der Waals surface area contributed by atoms with Crippen LogP contribution >= 0.6 is 0 Å². The zero-order valence-corrected chi connectivity index (χ0v) is 9.95. The molecule has 0 aliphatic carbocycles. The van der Waals surface area contributed by atoms with E-state index in [0.717, 1.165) is 6.42 Å². The second-order valence-corrected chi connectivity index (χ2v) is 3.60. The number of ether oxygens (including phenoxy) is 1. The minimum Gasteiger partial charge on any atom is -0.480 e. The second kappa shape index (κ2) is 8.06. The van der Waals surface area contributed by atoms with Gasteiger partial charge in [-0.25, -0.2) is 4.79 Å². The van der Waals surface area contributed by atoms with Crippen molar-refractivity contribution in [3.8, 4) is 0 Å². The molecule has 0 saturated carbocycles. The third kappa shape index (κ3) is 6.36. The van der Waals surface area contributed by atoms with Gasteiger partial charge in [0.1, 0.15) is 0 Å². The predicted octanol–water partition coefficient (Wildman–Crippen LogP) is -0.410.